The van der Waals surface area contributed by atoms with Gasteiger partial charge >= 0.3 is 0 Å². The van der Waals surface area contributed by atoms with Crippen LogP contribution in [0.5, 0.6) is 0 Å². The molecule has 4 N–H and O–H groups in total. The smallest absolute Gasteiger partial charge is 0.229 e. The van der Waals surface area contributed by atoms with Crippen LogP contribution in [-0.4, -0.2) is 36.5 Å². The largest absolute Gasteiger partial charge is 0.369 e. The van der Waals surface area contributed by atoms with Crippen molar-refractivity contribution < 1.29 is 24.0 Å². The summed E-state index contributed by atoms with van der Waals surface area (Å²) in [5.74, 6) is -1.47. The summed E-state index contributed by atoms with van der Waals surface area (Å²) >= 11 is 0. The number of Topliss-reactive ketones (excluding diaryl/α,β-unsaturated/α-hetero) is 1. The zero-order valence-corrected chi connectivity index (χ0v) is 19.7. The zero-order chi connectivity index (χ0) is 23.9. The third-order valence-corrected chi connectivity index (χ3v) is 5.37. The fourth-order valence-corrected chi connectivity index (χ4v) is 3.19. The van der Waals surface area contributed by atoms with Crippen LogP contribution in [0, 0.1) is 23.7 Å². The Hall–Kier alpha value is -2.25. The van der Waals surface area contributed by atoms with Crippen LogP contribution in [-0.2, 0) is 24.0 Å². The number of hydrogen-bond donors (Lipinski definition) is 3. The Morgan fingerprint density at radius 1 is 0.700 bits per heavy atom. The lowest BCUT2D eigenvalue weighted by Gasteiger charge is -2.18. The first kappa shape index (κ1) is 29.9. The monoisotopic (exact) mass is 427 g/mol. The van der Waals surface area contributed by atoms with Crippen molar-refractivity contribution in [2.24, 2.45) is 29.4 Å². The number of hydrogen-bond acceptors (Lipinski definition) is 5. The van der Waals surface area contributed by atoms with Crippen molar-refractivity contribution in [2.45, 2.75) is 80.1 Å². The average Bonchev–Trinajstić information content (AvgIpc) is 2.68. The second kappa shape index (κ2) is 16.5. The van der Waals surface area contributed by atoms with Gasteiger partial charge in [0.1, 0.15) is 5.78 Å². The molecule has 174 valence electrons. The van der Waals surface area contributed by atoms with Crippen molar-refractivity contribution in [1.29, 1.82) is 0 Å². The van der Waals surface area contributed by atoms with Gasteiger partial charge in [0, 0.05) is 37.6 Å². The van der Waals surface area contributed by atoms with E-state index in [1.54, 1.807) is 14.0 Å². The van der Waals surface area contributed by atoms with E-state index in [9.17, 15) is 24.0 Å². The van der Waals surface area contributed by atoms with Crippen LogP contribution in [0.25, 0.3) is 0 Å². The molecule has 0 spiro atoms. The first-order valence-corrected chi connectivity index (χ1v) is 10.8. The van der Waals surface area contributed by atoms with Crippen molar-refractivity contribution in [1.82, 2.24) is 10.6 Å². The fourth-order valence-electron chi connectivity index (χ4n) is 3.19. The summed E-state index contributed by atoms with van der Waals surface area (Å²) in [4.78, 5) is 56.0. The topological polar surface area (TPSA) is 135 Å². The number of nitrogens with one attached hydrogen (secondary N) is 2. The van der Waals surface area contributed by atoms with E-state index in [4.69, 9.17) is 5.73 Å². The summed E-state index contributed by atoms with van der Waals surface area (Å²) in [7, 11) is 1.64. The molecule has 0 aliphatic heterocycles. The van der Waals surface area contributed by atoms with Gasteiger partial charge in [-0.05, 0) is 45.4 Å². The minimum Gasteiger partial charge on any atom is -0.369 e. The Balaban J connectivity index is 0. The highest BCUT2D eigenvalue weighted by Gasteiger charge is 2.24. The lowest BCUT2D eigenvalue weighted by atomic mass is 9.88. The number of imide groups is 1. The Morgan fingerprint density at radius 2 is 1.10 bits per heavy atom. The molecule has 0 aliphatic carbocycles. The molecule has 0 bridgehead atoms. The van der Waals surface area contributed by atoms with E-state index in [1.165, 1.54) is 6.92 Å². The second-order valence-electron chi connectivity index (χ2n) is 7.56. The number of carbonyl (C=O) groups excluding carboxylic acids is 5. The number of ketones is 1. The Kier molecular flexibility index (Phi) is 16.5. The van der Waals surface area contributed by atoms with Gasteiger partial charge in [-0.1, -0.05) is 27.7 Å². The normalized spacial score (nSPS) is 14.2. The van der Waals surface area contributed by atoms with Crippen LogP contribution in [0.15, 0.2) is 0 Å². The molecule has 4 unspecified atom stereocenters. The predicted molar refractivity (Wildman–Crippen MR) is 117 cm³/mol. The van der Waals surface area contributed by atoms with Crippen LogP contribution in [0.1, 0.15) is 80.1 Å². The summed E-state index contributed by atoms with van der Waals surface area (Å²) in [6.45, 7) is 10.6. The molecule has 4 atom stereocenters. The molecule has 0 saturated heterocycles. The molecule has 4 amide bonds. The molecule has 0 aliphatic rings. The fraction of sp³-hybridized carbons (Fsp3) is 0.773. The van der Waals surface area contributed by atoms with Gasteiger partial charge in [0.25, 0.3) is 0 Å². The Labute approximate surface area is 181 Å². The quantitative estimate of drug-likeness (QED) is 0.439. The van der Waals surface area contributed by atoms with Crippen LogP contribution >= 0.6 is 0 Å². The Morgan fingerprint density at radius 3 is 1.40 bits per heavy atom. The first-order chi connectivity index (χ1) is 14.0. The number of rotatable bonds is 12. The molecule has 0 radical (unpaired) electrons. The van der Waals surface area contributed by atoms with Crippen molar-refractivity contribution in [2.75, 3.05) is 7.05 Å². The summed E-state index contributed by atoms with van der Waals surface area (Å²) < 4.78 is 0. The number of carbonyl (C=O) groups is 5. The van der Waals surface area contributed by atoms with E-state index in [1.807, 2.05) is 27.7 Å². The number of amides is 4. The molecule has 0 fully saturated rings. The van der Waals surface area contributed by atoms with E-state index in [2.05, 4.69) is 10.6 Å². The van der Waals surface area contributed by atoms with Gasteiger partial charge < -0.3 is 11.1 Å². The van der Waals surface area contributed by atoms with E-state index in [-0.39, 0.29) is 47.2 Å². The zero-order valence-electron chi connectivity index (χ0n) is 19.7. The van der Waals surface area contributed by atoms with Gasteiger partial charge in [0.15, 0.2) is 0 Å². The third-order valence-electron chi connectivity index (χ3n) is 5.37. The molecule has 0 aromatic rings. The summed E-state index contributed by atoms with van der Waals surface area (Å²) in [5, 5.41) is 4.87. The molecule has 8 heteroatoms. The molecular weight excluding hydrogens is 386 g/mol. The summed E-state index contributed by atoms with van der Waals surface area (Å²) in [5.41, 5.74) is 5.21. The molecular formula is C22H41N3O5. The number of nitrogens with two attached hydrogens (primary N) is 1. The summed E-state index contributed by atoms with van der Waals surface area (Å²) in [6.07, 6.45) is 3.90. The van der Waals surface area contributed by atoms with Gasteiger partial charge in [-0.15, -0.1) is 0 Å². The van der Waals surface area contributed by atoms with Crippen molar-refractivity contribution in [3.05, 3.63) is 0 Å². The lowest BCUT2D eigenvalue weighted by Crippen LogP contribution is -2.36. The highest BCUT2D eigenvalue weighted by Crippen LogP contribution is 2.20. The molecule has 0 aromatic carbocycles. The molecule has 30 heavy (non-hydrogen) atoms. The van der Waals surface area contributed by atoms with E-state index in [0.29, 0.717) is 25.7 Å². The van der Waals surface area contributed by atoms with Crippen molar-refractivity contribution in [3.8, 4) is 0 Å². The van der Waals surface area contributed by atoms with Crippen LogP contribution in [0.4, 0.5) is 0 Å². The molecule has 0 heterocycles. The minimum absolute atomic E-state index is 0.0196. The number of primary amides is 1. The molecule has 0 aromatic heterocycles. The van der Waals surface area contributed by atoms with Crippen molar-refractivity contribution >= 4 is 29.4 Å². The van der Waals surface area contributed by atoms with Crippen molar-refractivity contribution in [3.63, 3.8) is 0 Å². The first-order valence-electron chi connectivity index (χ1n) is 10.8. The second-order valence-corrected chi connectivity index (χ2v) is 7.56. The maximum Gasteiger partial charge on any atom is 0.229 e. The van der Waals surface area contributed by atoms with Gasteiger partial charge in [-0.25, -0.2) is 0 Å². The van der Waals surface area contributed by atoms with Gasteiger partial charge in [0.2, 0.25) is 23.6 Å². The highest BCUT2D eigenvalue weighted by atomic mass is 16.2. The third kappa shape index (κ3) is 12.3. The predicted octanol–water partition coefficient (Wildman–Crippen LogP) is 2.34. The SMILES string of the molecule is CCC(CC(CC)C(=O)NC(C)=O)C(N)=O.CCC(CC(CC)C(=O)NC)C(C)=O. The maximum absolute atomic E-state index is 11.6. The average molecular weight is 428 g/mol. The van der Waals surface area contributed by atoms with Crippen LogP contribution < -0.4 is 16.4 Å². The molecule has 0 rings (SSSR count). The standard InChI is InChI=1S/C11H20N2O3.C11H21NO2/c1-4-8(10(12)15)6-9(5-2)11(16)13-7(3)14;1-5-9(8(3)13)7-10(6-2)11(14)12-4/h8-9H,4-6H2,1-3H3,(H2,12,15)(H,13,14,16);9-10H,5-7H2,1-4H3,(H,12,14). The molecule has 8 nitrogen and oxygen atoms in total. The highest BCUT2D eigenvalue weighted by molar-refractivity contribution is 5.95. The molecule has 0 saturated carbocycles. The Bertz CT molecular complexity index is 577. The van der Waals surface area contributed by atoms with Gasteiger partial charge in [-0.3, -0.25) is 29.3 Å². The van der Waals surface area contributed by atoms with E-state index < -0.39 is 5.91 Å². The summed E-state index contributed by atoms with van der Waals surface area (Å²) in [6, 6.07) is 0. The maximum atomic E-state index is 11.6. The van der Waals surface area contributed by atoms with E-state index in [0.717, 1.165) is 12.8 Å². The van der Waals surface area contributed by atoms with E-state index >= 15 is 0 Å². The van der Waals surface area contributed by atoms with Crippen LogP contribution in [0.2, 0.25) is 0 Å². The van der Waals surface area contributed by atoms with Gasteiger partial charge in [-0.2, -0.15) is 0 Å². The minimum atomic E-state index is -0.392. The lowest BCUT2D eigenvalue weighted by molar-refractivity contribution is -0.133. The van der Waals surface area contributed by atoms with Crippen LogP contribution in [0.3, 0.4) is 0 Å². The van der Waals surface area contributed by atoms with Gasteiger partial charge in [0.05, 0.1) is 0 Å².